The van der Waals surface area contributed by atoms with Crippen molar-refractivity contribution >= 4 is 21.4 Å². The fourth-order valence-corrected chi connectivity index (χ4v) is 3.93. The lowest BCUT2D eigenvalue weighted by Crippen LogP contribution is -2.18. The van der Waals surface area contributed by atoms with Crippen LogP contribution in [0.2, 0.25) is 0 Å². The van der Waals surface area contributed by atoms with Crippen LogP contribution in [0.25, 0.3) is 0 Å². The molecular formula is C18H25NO3S. The van der Waals surface area contributed by atoms with Crippen molar-refractivity contribution in [1.82, 2.24) is 0 Å². The summed E-state index contributed by atoms with van der Waals surface area (Å²) in [4.78, 5) is 12.6. The highest BCUT2D eigenvalue weighted by atomic mass is 32.2. The number of carbonyl (C=O) groups excluding carboxylic acids is 1. The SMILES string of the molecule is CC(C)=C[C@@H]1[C@H](C(=O)Nc2ccccc2CS(C)(=O)=O)C1(C)C. The van der Waals surface area contributed by atoms with E-state index in [9.17, 15) is 13.2 Å². The van der Waals surface area contributed by atoms with Gasteiger partial charge in [-0.3, -0.25) is 4.79 Å². The molecule has 2 atom stereocenters. The van der Waals surface area contributed by atoms with E-state index >= 15 is 0 Å². The number of allylic oxidation sites excluding steroid dienone is 2. The van der Waals surface area contributed by atoms with Gasteiger partial charge in [-0.15, -0.1) is 0 Å². The van der Waals surface area contributed by atoms with Gasteiger partial charge in [0.2, 0.25) is 5.91 Å². The molecule has 2 rings (SSSR count). The fourth-order valence-electron chi connectivity index (χ4n) is 3.11. The maximum atomic E-state index is 12.6. The predicted octanol–water partition coefficient (Wildman–Crippen LogP) is 3.41. The number of para-hydroxylation sites is 1. The maximum Gasteiger partial charge on any atom is 0.228 e. The average molecular weight is 335 g/mol. The number of amides is 1. The van der Waals surface area contributed by atoms with E-state index in [4.69, 9.17) is 0 Å². The Bertz CT molecular complexity index is 743. The van der Waals surface area contributed by atoms with Crippen molar-refractivity contribution in [3.8, 4) is 0 Å². The van der Waals surface area contributed by atoms with Crippen LogP contribution in [-0.4, -0.2) is 20.6 Å². The lowest BCUT2D eigenvalue weighted by atomic mass is 10.1. The van der Waals surface area contributed by atoms with E-state index in [1.807, 2.05) is 13.8 Å². The fraction of sp³-hybridized carbons (Fsp3) is 0.500. The van der Waals surface area contributed by atoms with Gasteiger partial charge in [0.25, 0.3) is 0 Å². The topological polar surface area (TPSA) is 63.2 Å². The van der Waals surface area contributed by atoms with Crippen LogP contribution in [0.4, 0.5) is 5.69 Å². The molecule has 5 heteroatoms. The Morgan fingerprint density at radius 3 is 2.43 bits per heavy atom. The third-order valence-corrected chi connectivity index (χ3v) is 5.23. The summed E-state index contributed by atoms with van der Waals surface area (Å²) < 4.78 is 23.1. The molecule has 0 unspecified atom stereocenters. The van der Waals surface area contributed by atoms with E-state index < -0.39 is 9.84 Å². The summed E-state index contributed by atoms with van der Waals surface area (Å²) in [6, 6.07) is 7.07. The zero-order valence-corrected chi connectivity index (χ0v) is 15.2. The predicted molar refractivity (Wildman–Crippen MR) is 93.8 cm³/mol. The summed E-state index contributed by atoms with van der Waals surface area (Å²) in [5.74, 6) is 0.0336. The molecule has 1 saturated carbocycles. The van der Waals surface area contributed by atoms with Crippen molar-refractivity contribution in [1.29, 1.82) is 0 Å². The zero-order valence-electron chi connectivity index (χ0n) is 14.4. The van der Waals surface area contributed by atoms with Gasteiger partial charge < -0.3 is 5.32 Å². The first kappa shape index (κ1) is 17.7. The first-order valence-corrected chi connectivity index (χ1v) is 9.80. The molecule has 0 heterocycles. The van der Waals surface area contributed by atoms with Crippen LogP contribution in [0.3, 0.4) is 0 Å². The number of hydrogen-bond donors (Lipinski definition) is 1. The second-order valence-electron chi connectivity index (χ2n) is 7.29. The molecule has 1 fully saturated rings. The Morgan fingerprint density at radius 1 is 1.26 bits per heavy atom. The highest BCUT2D eigenvalue weighted by Gasteiger charge is 2.60. The van der Waals surface area contributed by atoms with Crippen molar-refractivity contribution in [3.05, 3.63) is 41.5 Å². The van der Waals surface area contributed by atoms with E-state index in [0.29, 0.717) is 11.3 Å². The van der Waals surface area contributed by atoms with Crippen LogP contribution < -0.4 is 5.32 Å². The number of rotatable bonds is 5. The van der Waals surface area contributed by atoms with Gasteiger partial charge in [-0.25, -0.2) is 8.42 Å². The van der Waals surface area contributed by atoms with Gasteiger partial charge in [0.15, 0.2) is 9.84 Å². The lowest BCUT2D eigenvalue weighted by Gasteiger charge is -2.11. The molecule has 1 aliphatic rings. The normalized spacial score (nSPS) is 22.3. The lowest BCUT2D eigenvalue weighted by molar-refractivity contribution is -0.118. The molecule has 126 valence electrons. The van der Waals surface area contributed by atoms with Crippen LogP contribution >= 0.6 is 0 Å². The summed E-state index contributed by atoms with van der Waals surface area (Å²) in [5, 5.41) is 2.92. The molecule has 1 amide bonds. The minimum Gasteiger partial charge on any atom is -0.326 e. The van der Waals surface area contributed by atoms with Gasteiger partial charge >= 0.3 is 0 Å². The maximum absolute atomic E-state index is 12.6. The summed E-state index contributed by atoms with van der Waals surface area (Å²) in [6.45, 7) is 8.24. The van der Waals surface area contributed by atoms with Gasteiger partial charge in [-0.1, -0.05) is 43.7 Å². The molecule has 0 bridgehead atoms. The highest BCUT2D eigenvalue weighted by molar-refractivity contribution is 7.89. The van der Waals surface area contributed by atoms with Crippen LogP contribution in [0.15, 0.2) is 35.9 Å². The molecule has 0 aliphatic heterocycles. The third-order valence-electron chi connectivity index (χ3n) is 4.40. The molecule has 0 saturated heterocycles. The van der Waals surface area contributed by atoms with E-state index in [0.717, 1.165) is 0 Å². The Balaban J connectivity index is 2.18. The second-order valence-corrected chi connectivity index (χ2v) is 9.43. The molecule has 1 aromatic carbocycles. The second kappa shape index (κ2) is 6.11. The van der Waals surface area contributed by atoms with Crippen molar-refractivity contribution in [3.63, 3.8) is 0 Å². The largest absolute Gasteiger partial charge is 0.326 e. The summed E-state index contributed by atoms with van der Waals surface area (Å²) in [5.41, 5.74) is 2.35. The molecule has 1 N–H and O–H groups in total. The number of nitrogens with one attached hydrogen (secondary N) is 1. The molecule has 0 radical (unpaired) electrons. The Hall–Kier alpha value is -1.62. The third kappa shape index (κ3) is 4.22. The first-order chi connectivity index (χ1) is 10.5. The van der Waals surface area contributed by atoms with Gasteiger partial charge in [0, 0.05) is 11.9 Å². The number of carbonyl (C=O) groups is 1. The molecule has 4 nitrogen and oxygen atoms in total. The molecule has 0 aromatic heterocycles. The van der Waals surface area contributed by atoms with Crippen LogP contribution in [0, 0.1) is 17.3 Å². The number of anilines is 1. The van der Waals surface area contributed by atoms with Crippen molar-refractivity contribution < 1.29 is 13.2 Å². The van der Waals surface area contributed by atoms with Crippen molar-refractivity contribution in [2.24, 2.45) is 17.3 Å². The van der Waals surface area contributed by atoms with Gasteiger partial charge in [0.05, 0.1) is 11.7 Å². The highest BCUT2D eigenvalue weighted by Crippen LogP contribution is 2.59. The average Bonchev–Trinajstić information content (AvgIpc) is 2.90. The minimum absolute atomic E-state index is 0.0431. The van der Waals surface area contributed by atoms with E-state index in [1.165, 1.54) is 11.8 Å². The number of sulfone groups is 1. The van der Waals surface area contributed by atoms with Gasteiger partial charge in [-0.2, -0.15) is 0 Å². The summed E-state index contributed by atoms with van der Waals surface area (Å²) in [6.07, 6.45) is 3.34. The zero-order chi connectivity index (χ0) is 17.4. The Kier molecular flexibility index (Phi) is 4.71. The van der Waals surface area contributed by atoms with Crippen molar-refractivity contribution in [2.45, 2.75) is 33.4 Å². The van der Waals surface area contributed by atoms with Crippen LogP contribution in [-0.2, 0) is 20.4 Å². The summed E-state index contributed by atoms with van der Waals surface area (Å²) in [7, 11) is -3.15. The molecule has 1 aromatic rings. The minimum atomic E-state index is -3.15. The van der Waals surface area contributed by atoms with Crippen LogP contribution in [0.1, 0.15) is 33.3 Å². The standard InChI is InChI=1S/C18H25NO3S/c1-12(2)10-14-16(18(14,3)4)17(20)19-15-9-7-6-8-13(15)11-23(5,21)22/h6-10,14,16H,11H2,1-5H3,(H,19,20)/t14-,16-/m1/s1. The molecule has 0 spiro atoms. The van der Waals surface area contributed by atoms with E-state index in [2.05, 4.69) is 25.2 Å². The van der Waals surface area contributed by atoms with Crippen molar-refractivity contribution in [2.75, 3.05) is 11.6 Å². The monoisotopic (exact) mass is 335 g/mol. The van der Waals surface area contributed by atoms with Gasteiger partial charge in [0.1, 0.15) is 0 Å². The molecule has 1 aliphatic carbocycles. The van der Waals surface area contributed by atoms with E-state index in [-0.39, 0.29) is 28.9 Å². The number of hydrogen-bond acceptors (Lipinski definition) is 3. The Labute approximate surface area is 138 Å². The Morgan fingerprint density at radius 2 is 1.87 bits per heavy atom. The molecule has 23 heavy (non-hydrogen) atoms. The van der Waals surface area contributed by atoms with E-state index in [1.54, 1.807) is 24.3 Å². The molecular weight excluding hydrogens is 310 g/mol. The smallest absolute Gasteiger partial charge is 0.228 e. The quantitative estimate of drug-likeness (QED) is 0.839. The van der Waals surface area contributed by atoms with Gasteiger partial charge in [-0.05, 0) is 36.8 Å². The summed E-state index contributed by atoms with van der Waals surface area (Å²) >= 11 is 0. The number of benzene rings is 1. The van der Waals surface area contributed by atoms with Crippen LogP contribution in [0.5, 0.6) is 0 Å². The first-order valence-electron chi connectivity index (χ1n) is 7.74.